The summed E-state index contributed by atoms with van der Waals surface area (Å²) >= 11 is 3.44. The quantitative estimate of drug-likeness (QED) is 0.886. The largest absolute Gasteiger partial charge is 0.373 e. The van der Waals surface area contributed by atoms with Gasteiger partial charge in [-0.15, -0.1) is 0 Å². The highest BCUT2D eigenvalue weighted by Crippen LogP contribution is 2.18. The number of hydrogen-bond donors (Lipinski definition) is 2. The minimum atomic E-state index is -0.107. The number of rotatable bonds is 4. The third-order valence-electron chi connectivity index (χ3n) is 3.17. The van der Waals surface area contributed by atoms with Crippen molar-refractivity contribution < 1.29 is 4.79 Å². The van der Waals surface area contributed by atoms with E-state index < -0.39 is 0 Å². The highest BCUT2D eigenvalue weighted by Gasteiger charge is 2.13. The average Bonchev–Trinajstić information content (AvgIpc) is 2.46. The molecule has 1 atom stereocenters. The second-order valence-electron chi connectivity index (χ2n) is 4.88. The van der Waals surface area contributed by atoms with Crippen LogP contribution < -0.4 is 10.6 Å². The highest BCUT2D eigenvalue weighted by molar-refractivity contribution is 9.10. The number of benzene rings is 1. The molecule has 1 aromatic carbocycles. The summed E-state index contributed by atoms with van der Waals surface area (Å²) in [4.78, 5) is 16.6. The van der Waals surface area contributed by atoms with Gasteiger partial charge in [0.15, 0.2) is 0 Å². The Balaban J connectivity index is 2.16. The molecule has 1 amide bonds. The Morgan fingerprint density at radius 3 is 2.71 bits per heavy atom. The van der Waals surface area contributed by atoms with Crippen molar-refractivity contribution in [2.75, 3.05) is 12.4 Å². The van der Waals surface area contributed by atoms with E-state index >= 15 is 0 Å². The van der Waals surface area contributed by atoms with E-state index in [1.54, 1.807) is 19.2 Å². The number of aromatic nitrogens is 1. The lowest BCUT2D eigenvalue weighted by Crippen LogP contribution is -2.26. The summed E-state index contributed by atoms with van der Waals surface area (Å²) in [5.74, 6) is 0.583. The fourth-order valence-corrected chi connectivity index (χ4v) is 2.48. The number of nitrogens with zero attached hydrogens (tertiary/aromatic N) is 1. The van der Waals surface area contributed by atoms with Crippen molar-refractivity contribution in [3.8, 4) is 0 Å². The minimum Gasteiger partial charge on any atom is -0.373 e. The summed E-state index contributed by atoms with van der Waals surface area (Å²) in [5.41, 5.74) is 2.47. The second-order valence-corrected chi connectivity index (χ2v) is 5.80. The Bertz CT molecular complexity index is 658. The van der Waals surface area contributed by atoms with Gasteiger partial charge in [-0.3, -0.25) is 4.79 Å². The third kappa shape index (κ3) is 4.04. The third-order valence-corrected chi connectivity index (χ3v) is 3.66. The van der Waals surface area contributed by atoms with Gasteiger partial charge in [0.25, 0.3) is 5.91 Å². The van der Waals surface area contributed by atoms with Crippen LogP contribution in [0.1, 0.15) is 34.6 Å². The number of halogens is 1. The lowest BCUT2D eigenvalue weighted by Gasteiger charge is -2.15. The SMILES string of the molecule is CNc1cc(C(=O)NC(C)c2cccc(Br)c2)cc(C)n1. The summed E-state index contributed by atoms with van der Waals surface area (Å²) in [6.07, 6.45) is 0. The van der Waals surface area contributed by atoms with Crippen molar-refractivity contribution in [1.82, 2.24) is 10.3 Å². The predicted molar refractivity (Wildman–Crippen MR) is 88.5 cm³/mol. The van der Waals surface area contributed by atoms with Gasteiger partial charge in [0.1, 0.15) is 5.82 Å². The van der Waals surface area contributed by atoms with Crippen molar-refractivity contribution in [3.05, 3.63) is 57.7 Å². The first kappa shape index (κ1) is 15.5. The molecule has 5 heteroatoms. The van der Waals surface area contributed by atoms with Gasteiger partial charge in [0.2, 0.25) is 0 Å². The van der Waals surface area contributed by atoms with Crippen molar-refractivity contribution in [2.45, 2.75) is 19.9 Å². The van der Waals surface area contributed by atoms with Gasteiger partial charge in [0.05, 0.1) is 6.04 Å². The number of pyridine rings is 1. The zero-order valence-corrected chi connectivity index (χ0v) is 13.9. The van der Waals surface area contributed by atoms with Gasteiger partial charge >= 0.3 is 0 Å². The number of amides is 1. The maximum Gasteiger partial charge on any atom is 0.251 e. The van der Waals surface area contributed by atoms with Crippen LogP contribution in [0, 0.1) is 6.92 Å². The fraction of sp³-hybridized carbons (Fsp3) is 0.250. The van der Waals surface area contributed by atoms with Crippen LogP contribution in [0.15, 0.2) is 40.9 Å². The molecule has 0 fully saturated rings. The summed E-state index contributed by atoms with van der Waals surface area (Å²) in [7, 11) is 1.79. The van der Waals surface area contributed by atoms with Gasteiger partial charge in [-0.1, -0.05) is 28.1 Å². The second kappa shape index (κ2) is 6.72. The molecule has 0 spiro atoms. The van der Waals surface area contributed by atoms with Crippen LogP contribution in [0.25, 0.3) is 0 Å². The molecule has 0 saturated heterocycles. The monoisotopic (exact) mass is 347 g/mol. The number of nitrogens with one attached hydrogen (secondary N) is 2. The number of aryl methyl sites for hydroxylation is 1. The summed E-state index contributed by atoms with van der Waals surface area (Å²) in [5, 5.41) is 5.96. The molecular weight excluding hydrogens is 330 g/mol. The summed E-state index contributed by atoms with van der Waals surface area (Å²) in [6, 6.07) is 11.4. The van der Waals surface area contributed by atoms with Crippen LogP contribution in [0.3, 0.4) is 0 Å². The molecule has 0 saturated carbocycles. The molecule has 110 valence electrons. The van der Waals surface area contributed by atoms with Crippen LogP contribution in [0.4, 0.5) is 5.82 Å². The van der Waals surface area contributed by atoms with Crippen LogP contribution in [0.2, 0.25) is 0 Å². The van der Waals surface area contributed by atoms with Crippen LogP contribution >= 0.6 is 15.9 Å². The zero-order chi connectivity index (χ0) is 15.4. The van der Waals surface area contributed by atoms with Gasteiger partial charge in [-0.05, 0) is 43.7 Å². The van der Waals surface area contributed by atoms with Crippen LogP contribution in [0.5, 0.6) is 0 Å². The zero-order valence-electron chi connectivity index (χ0n) is 12.3. The number of hydrogen-bond acceptors (Lipinski definition) is 3. The van der Waals surface area contributed by atoms with Crippen LogP contribution in [-0.2, 0) is 0 Å². The molecule has 1 unspecified atom stereocenters. The van der Waals surface area contributed by atoms with E-state index in [0.29, 0.717) is 11.4 Å². The summed E-state index contributed by atoms with van der Waals surface area (Å²) in [6.45, 7) is 3.84. The van der Waals surface area contributed by atoms with Crippen molar-refractivity contribution in [3.63, 3.8) is 0 Å². The molecular formula is C16H18BrN3O. The molecule has 0 aliphatic carbocycles. The van der Waals surface area contributed by atoms with Crippen molar-refractivity contribution in [1.29, 1.82) is 0 Å². The number of carbonyl (C=O) groups excluding carboxylic acids is 1. The first-order valence-corrected chi connectivity index (χ1v) is 7.51. The Hall–Kier alpha value is -1.88. The van der Waals surface area contributed by atoms with Crippen LogP contribution in [-0.4, -0.2) is 17.9 Å². The molecule has 2 N–H and O–H groups in total. The van der Waals surface area contributed by atoms with E-state index in [0.717, 1.165) is 15.7 Å². The molecule has 1 heterocycles. The lowest BCUT2D eigenvalue weighted by atomic mass is 10.1. The maximum absolute atomic E-state index is 12.4. The fourth-order valence-electron chi connectivity index (χ4n) is 2.07. The highest BCUT2D eigenvalue weighted by atomic mass is 79.9. The van der Waals surface area contributed by atoms with Crippen molar-refractivity contribution >= 4 is 27.7 Å². The molecule has 2 rings (SSSR count). The molecule has 0 bridgehead atoms. The van der Waals surface area contributed by atoms with E-state index in [-0.39, 0.29) is 11.9 Å². The first-order chi connectivity index (χ1) is 9.99. The molecule has 21 heavy (non-hydrogen) atoms. The normalized spacial score (nSPS) is 11.8. The molecule has 0 aliphatic heterocycles. The lowest BCUT2D eigenvalue weighted by molar-refractivity contribution is 0.0939. The Kier molecular flexibility index (Phi) is 4.96. The van der Waals surface area contributed by atoms with E-state index in [1.807, 2.05) is 38.1 Å². The average molecular weight is 348 g/mol. The van der Waals surface area contributed by atoms with E-state index in [2.05, 4.69) is 31.5 Å². The first-order valence-electron chi connectivity index (χ1n) is 6.72. The molecule has 2 aromatic rings. The Labute approximate surface area is 133 Å². The number of anilines is 1. The predicted octanol–water partition coefficient (Wildman–Crippen LogP) is 3.69. The Morgan fingerprint density at radius 2 is 2.05 bits per heavy atom. The smallest absolute Gasteiger partial charge is 0.251 e. The van der Waals surface area contributed by atoms with Gasteiger partial charge in [-0.25, -0.2) is 4.98 Å². The molecule has 0 aliphatic rings. The van der Waals surface area contributed by atoms with Gasteiger partial charge < -0.3 is 10.6 Å². The minimum absolute atomic E-state index is 0.0680. The standard InChI is InChI=1S/C16H18BrN3O/c1-10-7-13(9-15(18-3)19-10)16(21)20-11(2)12-5-4-6-14(17)8-12/h4-9,11H,1-3H3,(H,18,19)(H,20,21). The molecule has 4 nitrogen and oxygen atoms in total. The maximum atomic E-state index is 12.4. The van der Waals surface area contributed by atoms with Gasteiger partial charge in [0, 0.05) is 22.8 Å². The Morgan fingerprint density at radius 1 is 1.29 bits per heavy atom. The van der Waals surface area contributed by atoms with E-state index in [9.17, 15) is 4.79 Å². The molecule has 0 radical (unpaired) electrons. The molecule has 1 aromatic heterocycles. The van der Waals surface area contributed by atoms with Gasteiger partial charge in [-0.2, -0.15) is 0 Å². The number of carbonyl (C=O) groups is 1. The van der Waals surface area contributed by atoms with E-state index in [4.69, 9.17) is 0 Å². The summed E-state index contributed by atoms with van der Waals surface area (Å²) < 4.78 is 0.998. The topological polar surface area (TPSA) is 54.0 Å². The van der Waals surface area contributed by atoms with Crippen molar-refractivity contribution in [2.24, 2.45) is 0 Å². The van der Waals surface area contributed by atoms with E-state index in [1.165, 1.54) is 0 Å².